The first-order valence-corrected chi connectivity index (χ1v) is 5.93. The molecule has 2 N–H and O–H groups in total. The number of ether oxygens (including phenoxy) is 1. The molecule has 0 aliphatic heterocycles. The maximum Gasteiger partial charge on any atom is 0.408 e. The molecule has 1 amide bonds. The van der Waals surface area contributed by atoms with Gasteiger partial charge in [-0.25, -0.2) is 4.79 Å². The number of nitrogens with one attached hydrogen (secondary N) is 1. The lowest BCUT2D eigenvalue weighted by Gasteiger charge is -2.24. The Labute approximate surface area is 104 Å². The van der Waals surface area contributed by atoms with Gasteiger partial charge in [0.1, 0.15) is 5.60 Å². The third-order valence-corrected chi connectivity index (χ3v) is 2.12. The molecule has 0 aromatic rings. The quantitative estimate of drug-likeness (QED) is 0.746. The summed E-state index contributed by atoms with van der Waals surface area (Å²) in [6.45, 7) is 11.3. The van der Waals surface area contributed by atoms with Crippen molar-refractivity contribution >= 4 is 6.09 Å². The highest BCUT2D eigenvalue weighted by molar-refractivity contribution is 5.68. The van der Waals surface area contributed by atoms with Crippen LogP contribution in [0.5, 0.6) is 0 Å². The monoisotopic (exact) mass is 243 g/mol. The second-order valence-electron chi connectivity index (χ2n) is 5.59. The van der Waals surface area contributed by atoms with Gasteiger partial charge >= 0.3 is 6.09 Å². The second kappa shape index (κ2) is 6.64. The molecule has 0 fully saturated rings. The molecule has 0 heterocycles. The maximum atomic E-state index is 11.6. The molecule has 0 unspecified atom stereocenters. The number of hydrogen-bond acceptors (Lipinski definition) is 3. The normalized spacial score (nSPS) is 14.7. The highest BCUT2D eigenvalue weighted by atomic mass is 16.6. The molecule has 0 bridgehead atoms. The molecular weight excluding hydrogens is 218 g/mol. The Morgan fingerprint density at radius 1 is 1.41 bits per heavy atom. The highest BCUT2D eigenvalue weighted by Gasteiger charge is 2.20. The molecule has 0 spiro atoms. The SMILES string of the molecule is C/C(=C\[C@@H](NC(=O)OC(C)(C)C)C(C)C)CO. The van der Waals surface area contributed by atoms with Crippen molar-refractivity contribution in [1.82, 2.24) is 5.32 Å². The molecule has 0 aliphatic rings. The zero-order valence-corrected chi connectivity index (χ0v) is 11.7. The van der Waals surface area contributed by atoms with Crippen LogP contribution in [-0.2, 0) is 4.74 Å². The van der Waals surface area contributed by atoms with E-state index in [-0.39, 0.29) is 18.6 Å². The van der Waals surface area contributed by atoms with Crippen LogP contribution in [-0.4, -0.2) is 29.4 Å². The molecule has 0 radical (unpaired) electrons. The van der Waals surface area contributed by atoms with Gasteiger partial charge in [-0.15, -0.1) is 0 Å². The Morgan fingerprint density at radius 2 is 1.94 bits per heavy atom. The van der Waals surface area contributed by atoms with E-state index in [9.17, 15) is 4.79 Å². The van der Waals surface area contributed by atoms with E-state index in [0.717, 1.165) is 5.57 Å². The number of carbonyl (C=O) groups is 1. The first-order valence-electron chi connectivity index (χ1n) is 5.93. The largest absolute Gasteiger partial charge is 0.444 e. The molecule has 4 heteroatoms. The van der Waals surface area contributed by atoms with Gasteiger partial charge in [0.05, 0.1) is 12.6 Å². The Morgan fingerprint density at radius 3 is 2.29 bits per heavy atom. The Kier molecular flexibility index (Phi) is 6.24. The van der Waals surface area contributed by atoms with Crippen LogP contribution in [0.4, 0.5) is 4.79 Å². The van der Waals surface area contributed by atoms with E-state index < -0.39 is 11.7 Å². The Balaban J connectivity index is 4.52. The van der Waals surface area contributed by atoms with Crippen molar-refractivity contribution < 1.29 is 14.6 Å². The summed E-state index contributed by atoms with van der Waals surface area (Å²) in [5, 5.41) is 11.8. The molecule has 17 heavy (non-hydrogen) atoms. The Hall–Kier alpha value is -1.03. The van der Waals surface area contributed by atoms with E-state index >= 15 is 0 Å². The maximum absolute atomic E-state index is 11.6. The molecule has 0 saturated heterocycles. The molecule has 0 aromatic heterocycles. The lowest BCUT2D eigenvalue weighted by molar-refractivity contribution is 0.0503. The average molecular weight is 243 g/mol. The van der Waals surface area contributed by atoms with E-state index in [1.54, 1.807) is 0 Å². The van der Waals surface area contributed by atoms with Crippen LogP contribution in [0.25, 0.3) is 0 Å². The number of carbonyl (C=O) groups excluding carboxylic acids is 1. The minimum absolute atomic E-state index is 0.000775. The van der Waals surface area contributed by atoms with Crippen LogP contribution >= 0.6 is 0 Å². The van der Waals surface area contributed by atoms with E-state index in [0.29, 0.717) is 0 Å². The highest BCUT2D eigenvalue weighted by Crippen LogP contribution is 2.10. The Bertz CT molecular complexity index is 277. The number of aliphatic hydroxyl groups is 1. The van der Waals surface area contributed by atoms with Crippen LogP contribution in [0.15, 0.2) is 11.6 Å². The van der Waals surface area contributed by atoms with E-state index in [2.05, 4.69) is 5.32 Å². The van der Waals surface area contributed by atoms with Gasteiger partial charge in [-0.05, 0) is 33.6 Å². The smallest absolute Gasteiger partial charge is 0.408 e. The van der Waals surface area contributed by atoms with Crippen molar-refractivity contribution in [1.29, 1.82) is 0 Å². The first kappa shape index (κ1) is 16.0. The summed E-state index contributed by atoms with van der Waals surface area (Å²) in [4.78, 5) is 11.6. The standard InChI is InChI=1S/C13H25NO3/c1-9(2)11(7-10(3)8-15)14-12(16)17-13(4,5)6/h7,9,11,15H,8H2,1-6H3,(H,14,16)/b10-7+/t11-/m1/s1. The lowest BCUT2D eigenvalue weighted by Crippen LogP contribution is -2.40. The topological polar surface area (TPSA) is 58.6 Å². The number of amides is 1. The van der Waals surface area contributed by atoms with Crippen LogP contribution in [0, 0.1) is 5.92 Å². The molecule has 0 aliphatic carbocycles. The number of aliphatic hydroxyl groups excluding tert-OH is 1. The van der Waals surface area contributed by atoms with Gasteiger partial charge in [-0.2, -0.15) is 0 Å². The molecule has 1 atom stereocenters. The zero-order valence-electron chi connectivity index (χ0n) is 11.7. The van der Waals surface area contributed by atoms with Gasteiger partial charge in [0, 0.05) is 0 Å². The second-order valence-corrected chi connectivity index (χ2v) is 5.59. The van der Waals surface area contributed by atoms with Gasteiger partial charge in [0.25, 0.3) is 0 Å². The summed E-state index contributed by atoms with van der Waals surface area (Å²) in [6.07, 6.45) is 1.42. The fraction of sp³-hybridized carbons (Fsp3) is 0.769. The van der Waals surface area contributed by atoms with Crippen molar-refractivity contribution in [3.8, 4) is 0 Å². The fourth-order valence-electron chi connectivity index (χ4n) is 1.20. The number of hydrogen-bond donors (Lipinski definition) is 2. The molecule has 0 aromatic carbocycles. The first-order chi connectivity index (χ1) is 7.65. The van der Waals surface area contributed by atoms with Crippen molar-refractivity contribution in [3.05, 3.63) is 11.6 Å². The van der Waals surface area contributed by atoms with Crippen molar-refractivity contribution in [2.75, 3.05) is 6.61 Å². The fourth-order valence-corrected chi connectivity index (χ4v) is 1.20. The summed E-state index contributed by atoms with van der Waals surface area (Å²) in [6, 6.07) is -0.128. The van der Waals surface area contributed by atoms with Gasteiger partial charge in [-0.3, -0.25) is 0 Å². The third kappa shape index (κ3) is 7.80. The van der Waals surface area contributed by atoms with Crippen LogP contribution in [0.1, 0.15) is 41.5 Å². The van der Waals surface area contributed by atoms with E-state index in [1.165, 1.54) is 0 Å². The van der Waals surface area contributed by atoms with Crippen molar-refractivity contribution in [3.63, 3.8) is 0 Å². The van der Waals surface area contributed by atoms with E-state index in [1.807, 2.05) is 47.6 Å². The number of alkyl carbamates (subject to hydrolysis) is 1. The van der Waals surface area contributed by atoms with Crippen molar-refractivity contribution in [2.24, 2.45) is 5.92 Å². The molecule has 0 saturated carbocycles. The van der Waals surface area contributed by atoms with Gasteiger partial charge < -0.3 is 15.2 Å². The number of rotatable bonds is 4. The van der Waals surface area contributed by atoms with Crippen LogP contribution in [0.2, 0.25) is 0 Å². The van der Waals surface area contributed by atoms with Gasteiger partial charge in [-0.1, -0.05) is 25.5 Å². The van der Waals surface area contributed by atoms with Crippen LogP contribution in [0.3, 0.4) is 0 Å². The minimum Gasteiger partial charge on any atom is -0.444 e. The van der Waals surface area contributed by atoms with Gasteiger partial charge in [0.2, 0.25) is 0 Å². The molecule has 4 nitrogen and oxygen atoms in total. The zero-order chi connectivity index (χ0) is 13.6. The lowest BCUT2D eigenvalue weighted by atomic mass is 10.0. The molecular formula is C13H25NO3. The van der Waals surface area contributed by atoms with Gasteiger partial charge in [0.15, 0.2) is 0 Å². The molecule has 0 rings (SSSR count). The summed E-state index contributed by atoms with van der Waals surface area (Å²) in [5.41, 5.74) is 0.334. The predicted octanol–water partition coefficient (Wildman–Crippen LogP) is 2.47. The predicted molar refractivity (Wildman–Crippen MR) is 68.8 cm³/mol. The average Bonchev–Trinajstić information content (AvgIpc) is 2.13. The minimum atomic E-state index is -0.499. The molecule has 100 valence electrons. The van der Waals surface area contributed by atoms with Crippen LogP contribution < -0.4 is 5.32 Å². The summed E-state index contributed by atoms with van der Waals surface area (Å²) < 4.78 is 5.19. The summed E-state index contributed by atoms with van der Waals surface area (Å²) in [5.74, 6) is 0.240. The summed E-state index contributed by atoms with van der Waals surface area (Å²) in [7, 11) is 0. The van der Waals surface area contributed by atoms with Crippen molar-refractivity contribution in [2.45, 2.75) is 53.2 Å². The summed E-state index contributed by atoms with van der Waals surface area (Å²) >= 11 is 0. The van der Waals surface area contributed by atoms with E-state index in [4.69, 9.17) is 9.84 Å². The third-order valence-electron chi connectivity index (χ3n) is 2.12.